The smallest absolute Gasteiger partial charge is 0.347 e. The summed E-state index contributed by atoms with van der Waals surface area (Å²) in [6.07, 6.45) is 5.21. The van der Waals surface area contributed by atoms with Crippen molar-refractivity contribution in [1.82, 2.24) is 4.98 Å². The number of fused-ring (bicyclic) bond motifs is 1. The number of rotatable bonds is 7. The summed E-state index contributed by atoms with van der Waals surface area (Å²) in [7, 11) is 0. The number of carbonyl (C=O) groups excluding carboxylic acids is 1. The fraction of sp³-hybridized carbons (Fsp3) is 0.240. The van der Waals surface area contributed by atoms with E-state index in [1.165, 1.54) is 25.6 Å². The number of carbonyl (C=O) groups is 2. The number of carboxylic acid groups (broad SMARTS) is 1. The molecule has 0 amide bonds. The number of para-hydroxylation sites is 1. The van der Waals surface area contributed by atoms with E-state index in [1.54, 1.807) is 12.2 Å². The Balaban J connectivity index is 1.89. The zero-order chi connectivity index (χ0) is 22.8. The number of ether oxygens (including phenoxy) is 1. The van der Waals surface area contributed by atoms with E-state index >= 15 is 0 Å². The van der Waals surface area contributed by atoms with Crippen LogP contribution in [0.5, 0.6) is 5.75 Å². The van der Waals surface area contributed by atoms with Crippen LogP contribution >= 0.6 is 11.8 Å². The third kappa shape index (κ3) is 4.97. The van der Waals surface area contributed by atoms with Gasteiger partial charge in [-0.05, 0) is 81.0 Å². The summed E-state index contributed by atoms with van der Waals surface area (Å²) in [4.78, 5) is 28.9. The monoisotopic (exact) mass is 435 g/mol. The van der Waals surface area contributed by atoms with E-state index in [0.717, 1.165) is 27.6 Å². The van der Waals surface area contributed by atoms with Gasteiger partial charge in [-0.25, -0.2) is 9.78 Å². The minimum absolute atomic E-state index is 0.120. The zero-order valence-electron chi connectivity index (χ0n) is 18.2. The van der Waals surface area contributed by atoms with Crippen LogP contribution in [0.4, 0.5) is 0 Å². The molecule has 0 atom stereocenters. The number of thioether (sulfide) groups is 1. The Morgan fingerprint density at radius 2 is 1.74 bits per heavy atom. The third-order valence-electron chi connectivity index (χ3n) is 4.93. The molecule has 0 fully saturated rings. The van der Waals surface area contributed by atoms with Crippen molar-refractivity contribution >= 4 is 40.5 Å². The van der Waals surface area contributed by atoms with E-state index in [-0.39, 0.29) is 5.78 Å². The van der Waals surface area contributed by atoms with Gasteiger partial charge < -0.3 is 9.84 Å². The molecule has 0 spiro atoms. The van der Waals surface area contributed by atoms with E-state index in [4.69, 9.17) is 4.74 Å². The summed E-state index contributed by atoms with van der Waals surface area (Å²) in [5.41, 5.74) is 2.54. The van der Waals surface area contributed by atoms with Gasteiger partial charge in [-0.15, -0.1) is 11.8 Å². The molecule has 0 aliphatic rings. The van der Waals surface area contributed by atoms with Crippen molar-refractivity contribution in [3.8, 4) is 5.75 Å². The second-order valence-electron chi connectivity index (χ2n) is 7.84. The molecule has 1 heterocycles. The quantitative estimate of drug-likeness (QED) is 0.291. The number of hydrogen-bond donors (Lipinski definition) is 1. The maximum absolute atomic E-state index is 12.9. The lowest BCUT2D eigenvalue weighted by molar-refractivity contribution is -0.152. The number of aromatic nitrogens is 1. The number of nitrogens with zero attached hydrogens (tertiary/aromatic N) is 1. The Bertz CT molecular complexity index is 1170. The Labute approximate surface area is 186 Å². The van der Waals surface area contributed by atoms with E-state index in [9.17, 15) is 14.7 Å². The van der Waals surface area contributed by atoms with Gasteiger partial charge in [-0.2, -0.15) is 0 Å². The Morgan fingerprint density at radius 3 is 2.35 bits per heavy atom. The van der Waals surface area contributed by atoms with Crippen molar-refractivity contribution in [3.63, 3.8) is 0 Å². The van der Waals surface area contributed by atoms with Crippen molar-refractivity contribution in [3.05, 3.63) is 70.8 Å². The average molecular weight is 436 g/mol. The number of ketones is 1. The van der Waals surface area contributed by atoms with Crippen molar-refractivity contribution in [2.45, 2.75) is 38.3 Å². The Kier molecular flexibility index (Phi) is 6.51. The number of aliphatic carboxylic acids is 1. The number of hydrogen-bond acceptors (Lipinski definition) is 5. The molecule has 0 aliphatic carbocycles. The van der Waals surface area contributed by atoms with Gasteiger partial charge in [0.2, 0.25) is 0 Å². The van der Waals surface area contributed by atoms with Crippen molar-refractivity contribution in [2.75, 3.05) is 6.26 Å². The highest BCUT2D eigenvalue weighted by Gasteiger charge is 2.30. The van der Waals surface area contributed by atoms with Gasteiger partial charge in [0.25, 0.3) is 0 Å². The molecule has 0 unspecified atom stereocenters. The minimum Gasteiger partial charge on any atom is -0.478 e. The first kappa shape index (κ1) is 22.6. The van der Waals surface area contributed by atoms with Crippen LogP contribution in [0.25, 0.3) is 17.0 Å². The van der Waals surface area contributed by atoms with Crippen LogP contribution in [0.15, 0.2) is 53.6 Å². The fourth-order valence-electron chi connectivity index (χ4n) is 3.23. The van der Waals surface area contributed by atoms with Crippen LogP contribution in [0.3, 0.4) is 0 Å². The van der Waals surface area contributed by atoms with Crippen LogP contribution in [0, 0.1) is 13.8 Å². The summed E-state index contributed by atoms with van der Waals surface area (Å²) in [6.45, 7) is 6.75. The number of aryl methyl sites for hydroxylation is 2. The number of benzene rings is 2. The standard InChI is InChI=1S/C25H25NO4S/c1-15-12-17(13-16(2)22(15)30-25(3,4)24(28)29)10-11-21(27)19-14-18-8-6-7-9-20(18)26-23(19)31-5/h6-14H,1-5H3,(H,28,29)/b11-10+. The molecule has 2 aromatic carbocycles. The van der Waals surface area contributed by atoms with Crippen LogP contribution < -0.4 is 4.74 Å². The second-order valence-corrected chi connectivity index (χ2v) is 8.63. The lowest BCUT2D eigenvalue weighted by Gasteiger charge is -2.24. The van der Waals surface area contributed by atoms with Gasteiger partial charge in [0.15, 0.2) is 11.4 Å². The van der Waals surface area contributed by atoms with Crippen molar-refractivity contribution < 1.29 is 19.4 Å². The highest BCUT2D eigenvalue weighted by Crippen LogP contribution is 2.29. The molecule has 5 nitrogen and oxygen atoms in total. The Hall–Kier alpha value is -3.12. The molecule has 31 heavy (non-hydrogen) atoms. The molecule has 0 radical (unpaired) electrons. The first-order chi connectivity index (χ1) is 14.6. The van der Waals surface area contributed by atoms with E-state index < -0.39 is 11.6 Å². The van der Waals surface area contributed by atoms with Gasteiger partial charge in [0.05, 0.1) is 11.1 Å². The summed E-state index contributed by atoms with van der Waals surface area (Å²) in [5.74, 6) is -0.612. The van der Waals surface area contributed by atoms with E-state index in [1.807, 2.05) is 62.6 Å². The topological polar surface area (TPSA) is 76.5 Å². The lowest BCUT2D eigenvalue weighted by Crippen LogP contribution is -2.38. The predicted molar refractivity (Wildman–Crippen MR) is 125 cm³/mol. The summed E-state index contributed by atoms with van der Waals surface area (Å²) in [5, 5.41) is 10.9. The number of pyridine rings is 1. The highest BCUT2D eigenvalue weighted by atomic mass is 32.2. The van der Waals surface area contributed by atoms with Crippen LogP contribution in [-0.4, -0.2) is 33.7 Å². The summed E-state index contributed by atoms with van der Waals surface area (Å²) < 4.78 is 5.74. The van der Waals surface area contributed by atoms with Gasteiger partial charge in [0.1, 0.15) is 10.8 Å². The second kappa shape index (κ2) is 8.94. The van der Waals surface area contributed by atoms with Crippen LogP contribution in [-0.2, 0) is 4.79 Å². The maximum Gasteiger partial charge on any atom is 0.347 e. The number of carboxylic acids is 1. The van der Waals surface area contributed by atoms with Gasteiger partial charge in [-0.3, -0.25) is 4.79 Å². The van der Waals surface area contributed by atoms with E-state index in [2.05, 4.69) is 4.98 Å². The van der Waals surface area contributed by atoms with Crippen LogP contribution in [0.2, 0.25) is 0 Å². The predicted octanol–water partition coefficient (Wildman–Crippen LogP) is 5.71. The molecule has 160 valence electrons. The molecule has 0 saturated carbocycles. The molecule has 0 aliphatic heterocycles. The average Bonchev–Trinajstić information content (AvgIpc) is 2.73. The Morgan fingerprint density at radius 1 is 1.10 bits per heavy atom. The SMILES string of the molecule is CSc1nc2ccccc2cc1C(=O)/C=C/c1cc(C)c(OC(C)(C)C(=O)O)c(C)c1. The molecule has 3 rings (SSSR count). The minimum atomic E-state index is -1.33. The molecule has 0 bridgehead atoms. The zero-order valence-corrected chi connectivity index (χ0v) is 19.0. The molecule has 6 heteroatoms. The normalized spacial score (nSPS) is 11.8. The maximum atomic E-state index is 12.9. The van der Waals surface area contributed by atoms with Crippen molar-refractivity contribution in [1.29, 1.82) is 0 Å². The molecular weight excluding hydrogens is 410 g/mol. The van der Waals surface area contributed by atoms with E-state index in [0.29, 0.717) is 16.3 Å². The first-order valence-electron chi connectivity index (χ1n) is 9.82. The third-order valence-corrected chi connectivity index (χ3v) is 5.63. The molecule has 3 aromatic rings. The van der Waals surface area contributed by atoms with Gasteiger partial charge in [-0.1, -0.05) is 24.3 Å². The number of allylic oxidation sites excluding steroid dienone is 1. The molecule has 1 aromatic heterocycles. The van der Waals surface area contributed by atoms with Gasteiger partial charge >= 0.3 is 5.97 Å². The molecule has 1 N–H and O–H groups in total. The van der Waals surface area contributed by atoms with Crippen molar-refractivity contribution in [2.24, 2.45) is 0 Å². The summed E-state index contributed by atoms with van der Waals surface area (Å²) in [6, 6.07) is 13.3. The summed E-state index contributed by atoms with van der Waals surface area (Å²) >= 11 is 1.44. The fourth-order valence-corrected chi connectivity index (χ4v) is 3.80. The van der Waals surface area contributed by atoms with Crippen LogP contribution in [0.1, 0.15) is 40.9 Å². The molecule has 0 saturated heterocycles. The molecular formula is C25H25NO4S. The highest BCUT2D eigenvalue weighted by molar-refractivity contribution is 7.98. The van der Waals surface area contributed by atoms with Gasteiger partial charge in [0, 0.05) is 5.39 Å². The lowest BCUT2D eigenvalue weighted by atomic mass is 10.0. The largest absolute Gasteiger partial charge is 0.478 e. The first-order valence-corrected chi connectivity index (χ1v) is 11.0.